The van der Waals surface area contributed by atoms with Crippen LogP contribution in [0.25, 0.3) is 11.1 Å². The van der Waals surface area contributed by atoms with E-state index in [-0.39, 0.29) is 23.5 Å². The van der Waals surface area contributed by atoms with Crippen LogP contribution in [0.2, 0.25) is 0 Å². The minimum atomic E-state index is -1.34. The van der Waals surface area contributed by atoms with E-state index in [9.17, 15) is 22.4 Å². The summed E-state index contributed by atoms with van der Waals surface area (Å²) in [6, 6.07) is 4.85. The number of halogens is 4. The van der Waals surface area contributed by atoms with Crippen molar-refractivity contribution in [3.8, 4) is 11.1 Å². The maximum atomic E-state index is 14.3. The molecule has 0 bridgehead atoms. The predicted octanol–water partition coefficient (Wildman–Crippen LogP) is 3.52. The molecule has 0 saturated heterocycles. The van der Waals surface area contributed by atoms with Gasteiger partial charge in [0.15, 0.2) is 11.6 Å². The predicted molar refractivity (Wildman–Crippen MR) is 75.6 cm³/mol. The molecular formula is C16H10F4N2O. The first kappa shape index (κ1) is 15.2. The lowest BCUT2D eigenvalue weighted by Gasteiger charge is -2.13. The van der Waals surface area contributed by atoms with Gasteiger partial charge in [0.1, 0.15) is 11.6 Å². The molecule has 2 aromatic rings. The first-order chi connectivity index (χ1) is 11.0. The first-order valence-electron chi connectivity index (χ1n) is 6.76. The van der Waals surface area contributed by atoms with Crippen LogP contribution in [-0.2, 0) is 4.79 Å². The van der Waals surface area contributed by atoms with Crippen LogP contribution in [0.15, 0.2) is 35.4 Å². The average molecular weight is 322 g/mol. The highest BCUT2D eigenvalue weighted by Gasteiger charge is 2.18. The summed E-state index contributed by atoms with van der Waals surface area (Å²) in [5.41, 5.74) is 2.65. The highest BCUT2D eigenvalue weighted by atomic mass is 19.2. The molecule has 1 heterocycles. The fourth-order valence-electron chi connectivity index (χ4n) is 2.32. The highest BCUT2D eigenvalue weighted by Crippen LogP contribution is 2.28. The molecule has 0 saturated carbocycles. The Balaban J connectivity index is 2.00. The number of hydrogen-bond acceptors (Lipinski definition) is 2. The van der Waals surface area contributed by atoms with Gasteiger partial charge in [-0.2, -0.15) is 5.10 Å². The van der Waals surface area contributed by atoms with Crippen molar-refractivity contribution in [2.24, 2.45) is 5.10 Å². The topological polar surface area (TPSA) is 41.5 Å². The Hall–Kier alpha value is -2.70. The molecule has 0 aromatic heterocycles. The zero-order chi connectivity index (χ0) is 16.6. The zero-order valence-corrected chi connectivity index (χ0v) is 11.7. The Morgan fingerprint density at radius 2 is 1.52 bits per heavy atom. The molecule has 0 aliphatic carbocycles. The van der Waals surface area contributed by atoms with Gasteiger partial charge in [-0.05, 0) is 12.1 Å². The van der Waals surface area contributed by atoms with Crippen molar-refractivity contribution in [3.63, 3.8) is 0 Å². The van der Waals surface area contributed by atoms with Gasteiger partial charge >= 0.3 is 0 Å². The zero-order valence-electron chi connectivity index (χ0n) is 11.7. The fraction of sp³-hybridized carbons (Fsp3) is 0.125. The quantitative estimate of drug-likeness (QED) is 0.667. The molecule has 0 fully saturated rings. The molecule has 1 N–H and O–H groups in total. The molecule has 2 aromatic carbocycles. The molecule has 3 nitrogen and oxygen atoms in total. The molecule has 0 atom stereocenters. The van der Waals surface area contributed by atoms with Crippen molar-refractivity contribution >= 4 is 11.6 Å². The number of carbonyl (C=O) groups is 1. The summed E-state index contributed by atoms with van der Waals surface area (Å²) in [5.74, 6) is -4.68. The molecule has 0 radical (unpaired) electrons. The monoisotopic (exact) mass is 322 g/mol. The third-order valence-corrected chi connectivity index (χ3v) is 3.51. The third-order valence-electron chi connectivity index (χ3n) is 3.51. The number of amides is 1. The number of nitrogens with zero attached hydrogens (tertiary/aromatic N) is 1. The minimum Gasteiger partial charge on any atom is -0.273 e. The fourth-order valence-corrected chi connectivity index (χ4v) is 2.32. The van der Waals surface area contributed by atoms with Gasteiger partial charge in [-0.15, -0.1) is 0 Å². The van der Waals surface area contributed by atoms with Crippen LogP contribution >= 0.6 is 0 Å². The van der Waals surface area contributed by atoms with E-state index in [1.165, 1.54) is 12.1 Å². The van der Waals surface area contributed by atoms with Gasteiger partial charge in [-0.25, -0.2) is 23.0 Å². The van der Waals surface area contributed by atoms with Gasteiger partial charge in [0.05, 0.1) is 5.71 Å². The smallest absolute Gasteiger partial charge is 0.240 e. The van der Waals surface area contributed by atoms with E-state index in [0.717, 1.165) is 6.07 Å². The van der Waals surface area contributed by atoms with E-state index in [4.69, 9.17) is 0 Å². The van der Waals surface area contributed by atoms with Crippen molar-refractivity contribution < 1.29 is 22.4 Å². The van der Waals surface area contributed by atoms with E-state index < -0.39 is 23.3 Å². The van der Waals surface area contributed by atoms with E-state index in [1.807, 2.05) is 0 Å². The molecule has 1 amide bonds. The largest absolute Gasteiger partial charge is 0.273 e. The number of hydrazone groups is 1. The number of carbonyl (C=O) groups excluding carboxylic acids is 1. The maximum Gasteiger partial charge on any atom is 0.240 e. The Morgan fingerprint density at radius 3 is 2.17 bits per heavy atom. The summed E-state index contributed by atoms with van der Waals surface area (Å²) in [4.78, 5) is 11.0. The van der Waals surface area contributed by atoms with Gasteiger partial charge in [0, 0.05) is 35.6 Å². The molecular weight excluding hydrogens is 312 g/mol. The second-order valence-corrected chi connectivity index (χ2v) is 5.03. The summed E-state index contributed by atoms with van der Waals surface area (Å²) in [5, 5.41) is 3.83. The molecule has 1 aliphatic rings. The van der Waals surface area contributed by atoms with E-state index >= 15 is 0 Å². The van der Waals surface area contributed by atoms with Gasteiger partial charge in [0.25, 0.3) is 0 Å². The standard InChI is InChI=1S/C16H10F4N2O/c17-11-5-8(15-3-4-16(23)22-21-15)1-2-9(11)10-6-13(19)14(20)7-12(10)18/h1-2,5-7H,3-4H2,(H,22,23). The number of nitrogens with one attached hydrogen (secondary N) is 1. The first-order valence-corrected chi connectivity index (χ1v) is 6.76. The summed E-state index contributed by atoms with van der Waals surface area (Å²) >= 11 is 0. The molecule has 1 aliphatic heterocycles. The third kappa shape index (κ3) is 2.94. The van der Waals surface area contributed by atoms with Gasteiger partial charge < -0.3 is 0 Å². The highest BCUT2D eigenvalue weighted by molar-refractivity contribution is 6.04. The van der Waals surface area contributed by atoms with Gasteiger partial charge in [-0.1, -0.05) is 12.1 Å². The van der Waals surface area contributed by atoms with E-state index in [0.29, 0.717) is 29.8 Å². The number of hydrogen-bond donors (Lipinski definition) is 1. The Morgan fingerprint density at radius 1 is 0.826 bits per heavy atom. The molecule has 7 heteroatoms. The lowest BCUT2D eigenvalue weighted by Crippen LogP contribution is -2.25. The number of rotatable bonds is 2. The summed E-state index contributed by atoms with van der Waals surface area (Å²) < 4.78 is 54.2. The molecule has 23 heavy (non-hydrogen) atoms. The van der Waals surface area contributed by atoms with Crippen LogP contribution in [0.1, 0.15) is 18.4 Å². The van der Waals surface area contributed by atoms with Crippen molar-refractivity contribution in [2.45, 2.75) is 12.8 Å². The van der Waals surface area contributed by atoms with Crippen molar-refractivity contribution in [3.05, 3.63) is 59.2 Å². The van der Waals surface area contributed by atoms with Gasteiger partial charge in [-0.3, -0.25) is 4.79 Å². The van der Waals surface area contributed by atoms with Crippen LogP contribution in [0, 0.1) is 23.3 Å². The van der Waals surface area contributed by atoms with Crippen molar-refractivity contribution in [1.82, 2.24) is 5.43 Å². The van der Waals surface area contributed by atoms with E-state index in [2.05, 4.69) is 10.5 Å². The maximum absolute atomic E-state index is 14.3. The second kappa shape index (κ2) is 5.83. The van der Waals surface area contributed by atoms with Crippen LogP contribution < -0.4 is 5.43 Å². The summed E-state index contributed by atoms with van der Waals surface area (Å²) in [6.45, 7) is 0. The molecule has 0 spiro atoms. The SMILES string of the molecule is O=C1CCC(c2ccc(-c3cc(F)c(F)cc3F)c(F)c2)=NN1. The summed E-state index contributed by atoms with van der Waals surface area (Å²) in [6.07, 6.45) is 0.587. The van der Waals surface area contributed by atoms with Crippen molar-refractivity contribution in [1.29, 1.82) is 0 Å². The lowest BCUT2D eigenvalue weighted by atomic mass is 9.98. The van der Waals surface area contributed by atoms with Crippen molar-refractivity contribution in [2.75, 3.05) is 0 Å². The van der Waals surface area contributed by atoms with Gasteiger partial charge in [0.2, 0.25) is 5.91 Å². The number of benzene rings is 2. The molecule has 0 unspecified atom stereocenters. The Bertz CT molecular complexity index is 833. The van der Waals surface area contributed by atoms with E-state index in [1.54, 1.807) is 0 Å². The Kier molecular flexibility index (Phi) is 3.85. The summed E-state index contributed by atoms with van der Waals surface area (Å²) in [7, 11) is 0. The minimum absolute atomic E-state index is 0.189. The normalized spacial score (nSPS) is 14.4. The Labute approximate surface area is 128 Å². The second-order valence-electron chi connectivity index (χ2n) is 5.03. The van der Waals surface area contributed by atoms with Crippen LogP contribution in [-0.4, -0.2) is 11.6 Å². The molecule has 118 valence electrons. The van der Waals surface area contributed by atoms with Crippen LogP contribution in [0.3, 0.4) is 0 Å². The average Bonchev–Trinajstić information content (AvgIpc) is 2.52. The molecule has 3 rings (SSSR count). The lowest BCUT2D eigenvalue weighted by molar-refractivity contribution is -0.121. The van der Waals surface area contributed by atoms with Crippen LogP contribution in [0.5, 0.6) is 0 Å². The van der Waals surface area contributed by atoms with Crippen LogP contribution in [0.4, 0.5) is 17.6 Å².